The van der Waals surface area contributed by atoms with Gasteiger partial charge in [0, 0.05) is 13.0 Å². The number of hydrogen-bond donors (Lipinski definition) is 0. The van der Waals surface area contributed by atoms with Crippen molar-refractivity contribution in [2.75, 3.05) is 13.7 Å². The first-order valence-electron chi connectivity index (χ1n) is 9.07. The zero-order valence-electron chi connectivity index (χ0n) is 15.6. The van der Waals surface area contributed by atoms with E-state index in [1.165, 1.54) is 12.0 Å². The van der Waals surface area contributed by atoms with Crippen LogP contribution in [0.1, 0.15) is 40.1 Å². The van der Waals surface area contributed by atoms with E-state index >= 15 is 0 Å². The molecule has 0 saturated carbocycles. The highest BCUT2D eigenvalue weighted by Crippen LogP contribution is 2.22. The smallest absolute Gasteiger partial charge is 0.349 e. The van der Waals surface area contributed by atoms with Crippen LogP contribution in [0.15, 0.2) is 45.6 Å². The lowest BCUT2D eigenvalue weighted by molar-refractivity contribution is -0.145. The van der Waals surface area contributed by atoms with Crippen LogP contribution in [0.3, 0.4) is 0 Å². The molecule has 2 heterocycles. The van der Waals surface area contributed by atoms with Gasteiger partial charge in [-0.15, -0.1) is 0 Å². The minimum absolute atomic E-state index is 0.00531. The maximum absolute atomic E-state index is 12.9. The first-order valence-corrected chi connectivity index (χ1v) is 9.07. The number of carbonyl (C=O) groups is 2. The van der Waals surface area contributed by atoms with Gasteiger partial charge in [-0.2, -0.15) is 0 Å². The van der Waals surface area contributed by atoms with Crippen LogP contribution in [0.5, 0.6) is 0 Å². The van der Waals surface area contributed by atoms with Crippen molar-refractivity contribution >= 4 is 11.9 Å². The number of aryl methyl sites for hydroxylation is 3. The molecule has 6 heteroatoms. The van der Waals surface area contributed by atoms with E-state index in [0.29, 0.717) is 37.1 Å². The number of amides is 1. The molecular formula is C21H23NO5. The van der Waals surface area contributed by atoms with E-state index in [0.717, 1.165) is 12.0 Å². The van der Waals surface area contributed by atoms with Crippen LogP contribution in [0.4, 0.5) is 0 Å². The highest BCUT2D eigenvalue weighted by molar-refractivity contribution is 5.97. The Morgan fingerprint density at radius 2 is 1.96 bits per heavy atom. The zero-order chi connectivity index (χ0) is 19.4. The van der Waals surface area contributed by atoms with Crippen molar-refractivity contribution in [1.29, 1.82) is 0 Å². The highest BCUT2D eigenvalue weighted by Gasteiger charge is 2.37. The van der Waals surface area contributed by atoms with E-state index in [2.05, 4.69) is 0 Å². The maximum Gasteiger partial charge on any atom is 0.349 e. The van der Waals surface area contributed by atoms with Gasteiger partial charge in [-0.1, -0.05) is 30.3 Å². The van der Waals surface area contributed by atoms with Crippen molar-refractivity contribution in [3.05, 3.63) is 69.3 Å². The first-order chi connectivity index (χ1) is 13.0. The number of nitrogens with zero attached hydrogens (tertiary/aromatic N) is 1. The molecule has 27 heavy (non-hydrogen) atoms. The van der Waals surface area contributed by atoms with Crippen molar-refractivity contribution in [3.8, 4) is 0 Å². The molecule has 3 rings (SSSR count). The molecule has 6 nitrogen and oxygen atoms in total. The van der Waals surface area contributed by atoms with E-state index < -0.39 is 23.5 Å². The summed E-state index contributed by atoms with van der Waals surface area (Å²) >= 11 is 0. The molecule has 1 amide bonds. The van der Waals surface area contributed by atoms with Crippen molar-refractivity contribution in [2.24, 2.45) is 0 Å². The van der Waals surface area contributed by atoms with E-state index in [4.69, 9.17) is 9.15 Å². The topological polar surface area (TPSA) is 76.8 Å². The molecule has 0 N–H and O–H groups in total. The Morgan fingerprint density at radius 1 is 1.22 bits per heavy atom. The molecule has 0 unspecified atom stereocenters. The number of esters is 1. The summed E-state index contributed by atoms with van der Waals surface area (Å²) < 4.78 is 10.2. The van der Waals surface area contributed by atoms with Crippen molar-refractivity contribution in [3.63, 3.8) is 0 Å². The molecule has 2 aromatic rings. The van der Waals surface area contributed by atoms with Crippen LogP contribution in [0.2, 0.25) is 0 Å². The minimum Gasteiger partial charge on any atom is -0.467 e. The number of likely N-dealkylation sites (tertiary alicyclic amines) is 1. The molecule has 1 aromatic heterocycles. The van der Waals surface area contributed by atoms with Gasteiger partial charge in [-0.25, -0.2) is 9.59 Å². The van der Waals surface area contributed by atoms with Crippen LogP contribution in [0, 0.1) is 6.92 Å². The van der Waals surface area contributed by atoms with Gasteiger partial charge in [0.05, 0.1) is 7.11 Å². The summed E-state index contributed by atoms with van der Waals surface area (Å²) in [5, 5.41) is 0. The first kappa shape index (κ1) is 18.9. The summed E-state index contributed by atoms with van der Waals surface area (Å²) in [5.41, 5.74) is 1.05. The lowest BCUT2D eigenvalue weighted by Gasteiger charge is -2.22. The number of ether oxygens (including phenoxy) is 1. The number of rotatable bonds is 5. The third-order valence-corrected chi connectivity index (χ3v) is 4.90. The van der Waals surface area contributed by atoms with Gasteiger partial charge in [-0.3, -0.25) is 4.79 Å². The van der Waals surface area contributed by atoms with Crippen LogP contribution in [-0.2, 0) is 22.4 Å². The molecule has 0 bridgehead atoms. The standard InChI is InChI=1S/C21H23NO5/c1-14-13-16(11-10-15-7-4-3-5-8-15)27-21(25)18(14)19(23)22-12-6-9-17(22)20(24)26-2/h3-5,7-8,13,17H,6,9-12H2,1-2H3/t17-/m1/s1. The molecule has 1 saturated heterocycles. The second-order valence-corrected chi connectivity index (χ2v) is 6.72. The van der Waals surface area contributed by atoms with Gasteiger partial charge in [0.25, 0.3) is 5.91 Å². The molecule has 1 aliphatic rings. The van der Waals surface area contributed by atoms with E-state index in [1.54, 1.807) is 13.0 Å². The van der Waals surface area contributed by atoms with Crippen molar-refractivity contribution in [2.45, 2.75) is 38.6 Å². The number of benzene rings is 1. The summed E-state index contributed by atoms with van der Waals surface area (Å²) in [7, 11) is 1.30. The lowest BCUT2D eigenvalue weighted by Crippen LogP contribution is -2.43. The maximum atomic E-state index is 12.9. The summed E-state index contributed by atoms with van der Waals surface area (Å²) in [6.45, 7) is 2.15. The Balaban J connectivity index is 1.79. The number of carbonyl (C=O) groups excluding carboxylic acids is 2. The Bertz CT molecular complexity index is 887. The van der Waals surface area contributed by atoms with E-state index in [1.807, 2.05) is 30.3 Å². The summed E-state index contributed by atoms with van der Waals surface area (Å²) in [5.74, 6) is -0.380. The van der Waals surface area contributed by atoms with Crippen molar-refractivity contribution < 1.29 is 18.7 Å². The van der Waals surface area contributed by atoms with Crippen LogP contribution in [-0.4, -0.2) is 36.5 Å². The van der Waals surface area contributed by atoms with Gasteiger partial charge in [-0.05, 0) is 43.4 Å². The third-order valence-electron chi connectivity index (χ3n) is 4.90. The Morgan fingerprint density at radius 3 is 2.63 bits per heavy atom. The molecule has 0 spiro atoms. The van der Waals surface area contributed by atoms with Crippen LogP contribution in [0.25, 0.3) is 0 Å². The van der Waals surface area contributed by atoms with Crippen LogP contribution >= 0.6 is 0 Å². The van der Waals surface area contributed by atoms with Crippen LogP contribution < -0.4 is 5.63 Å². The van der Waals surface area contributed by atoms with E-state index in [-0.39, 0.29) is 5.56 Å². The molecule has 1 aliphatic heterocycles. The fourth-order valence-electron chi connectivity index (χ4n) is 3.50. The predicted molar refractivity (Wildman–Crippen MR) is 99.6 cm³/mol. The molecular weight excluding hydrogens is 346 g/mol. The number of hydrogen-bond acceptors (Lipinski definition) is 5. The molecule has 1 fully saturated rings. The lowest BCUT2D eigenvalue weighted by atomic mass is 10.1. The SMILES string of the molecule is COC(=O)[C@H]1CCCN1C(=O)c1c(C)cc(CCc2ccccc2)oc1=O. The zero-order valence-corrected chi connectivity index (χ0v) is 15.6. The average Bonchev–Trinajstić information content (AvgIpc) is 3.16. The second-order valence-electron chi connectivity index (χ2n) is 6.72. The minimum atomic E-state index is -0.654. The van der Waals surface area contributed by atoms with Gasteiger partial charge < -0.3 is 14.1 Å². The molecule has 1 aromatic carbocycles. The van der Waals surface area contributed by atoms with Gasteiger partial charge in [0.2, 0.25) is 0 Å². The monoisotopic (exact) mass is 369 g/mol. The second kappa shape index (κ2) is 8.20. The Labute approximate surface area is 157 Å². The molecule has 1 atom stereocenters. The molecule has 0 aliphatic carbocycles. The number of methoxy groups -OCH3 is 1. The summed E-state index contributed by atoms with van der Waals surface area (Å²) in [6, 6.07) is 11.0. The Kier molecular flexibility index (Phi) is 5.74. The predicted octanol–water partition coefficient (Wildman–Crippen LogP) is 2.51. The summed E-state index contributed by atoms with van der Waals surface area (Å²) in [4.78, 5) is 38.7. The molecule has 0 radical (unpaired) electrons. The third kappa shape index (κ3) is 4.10. The van der Waals surface area contributed by atoms with Gasteiger partial charge in [0.1, 0.15) is 17.4 Å². The van der Waals surface area contributed by atoms with E-state index in [9.17, 15) is 14.4 Å². The van der Waals surface area contributed by atoms with Gasteiger partial charge >= 0.3 is 11.6 Å². The fourth-order valence-corrected chi connectivity index (χ4v) is 3.50. The quantitative estimate of drug-likeness (QED) is 0.757. The molecule has 142 valence electrons. The van der Waals surface area contributed by atoms with Crippen molar-refractivity contribution in [1.82, 2.24) is 4.90 Å². The highest BCUT2D eigenvalue weighted by atomic mass is 16.5. The summed E-state index contributed by atoms with van der Waals surface area (Å²) in [6.07, 6.45) is 2.55. The Hall–Kier alpha value is -2.89. The largest absolute Gasteiger partial charge is 0.467 e. The average molecular weight is 369 g/mol. The normalized spacial score (nSPS) is 16.4. The fraction of sp³-hybridized carbons (Fsp3) is 0.381. The van der Waals surface area contributed by atoms with Gasteiger partial charge in [0.15, 0.2) is 0 Å².